The minimum Gasteiger partial charge on any atom is -0.406 e. The molecule has 1 aliphatic rings. The van der Waals surface area contributed by atoms with Crippen LogP contribution in [-0.4, -0.2) is 22.9 Å². The van der Waals surface area contributed by atoms with Crippen molar-refractivity contribution in [2.75, 3.05) is 16.8 Å². The molecule has 0 saturated carbocycles. The van der Waals surface area contributed by atoms with Gasteiger partial charge in [-0.25, -0.2) is 4.98 Å². The van der Waals surface area contributed by atoms with E-state index in [0.29, 0.717) is 31.3 Å². The average Bonchev–Trinajstić information content (AvgIpc) is 2.67. The van der Waals surface area contributed by atoms with E-state index in [4.69, 9.17) is 0 Å². The van der Waals surface area contributed by atoms with Crippen molar-refractivity contribution in [3.8, 4) is 5.75 Å². The maximum absolute atomic E-state index is 12.5. The molecule has 1 aromatic heterocycles. The van der Waals surface area contributed by atoms with Crippen molar-refractivity contribution in [1.29, 1.82) is 0 Å². The standard InChI is InChI=1S/C20H17F3N4O/c21-20(22,23)28-17-7-6-14-9-11-27(13-15(14)12-17)18-8-10-24-19(26-18)25-16-4-2-1-3-5-16/h1-8,10,12H,9,11,13H2,(H,24,25,26). The Hall–Kier alpha value is -3.29. The number of nitrogens with one attached hydrogen (secondary N) is 1. The monoisotopic (exact) mass is 386 g/mol. The molecule has 1 N–H and O–H groups in total. The van der Waals surface area contributed by atoms with E-state index in [2.05, 4.69) is 20.0 Å². The van der Waals surface area contributed by atoms with E-state index in [0.717, 1.165) is 16.8 Å². The van der Waals surface area contributed by atoms with Gasteiger partial charge < -0.3 is 15.0 Å². The Morgan fingerprint density at radius 1 is 1.00 bits per heavy atom. The van der Waals surface area contributed by atoms with Crippen LogP contribution in [0.4, 0.5) is 30.6 Å². The maximum atomic E-state index is 12.5. The van der Waals surface area contributed by atoms with Crippen molar-refractivity contribution < 1.29 is 17.9 Å². The van der Waals surface area contributed by atoms with E-state index in [9.17, 15) is 13.2 Å². The van der Waals surface area contributed by atoms with Crippen LogP contribution in [0.5, 0.6) is 5.75 Å². The van der Waals surface area contributed by atoms with E-state index < -0.39 is 6.36 Å². The lowest BCUT2D eigenvalue weighted by Gasteiger charge is -2.30. The third-order valence-corrected chi connectivity index (χ3v) is 4.42. The van der Waals surface area contributed by atoms with Gasteiger partial charge in [0.2, 0.25) is 5.95 Å². The number of nitrogens with zero attached hydrogens (tertiary/aromatic N) is 3. The van der Waals surface area contributed by atoms with E-state index in [1.54, 1.807) is 18.3 Å². The van der Waals surface area contributed by atoms with Gasteiger partial charge in [-0.15, -0.1) is 13.2 Å². The molecule has 4 rings (SSSR count). The molecular formula is C20H17F3N4O. The molecule has 0 atom stereocenters. The predicted molar refractivity (Wildman–Crippen MR) is 99.6 cm³/mol. The molecule has 0 saturated heterocycles. The number of benzene rings is 2. The van der Waals surface area contributed by atoms with Gasteiger partial charge in [0, 0.05) is 25.0 Å². The van der Waals surface area contributed by atoms with Gasteiger partial charge in [0.1, 0.15) is 11.6 Å². The second-order valence-corrected chi connectivity index (χ2v) is 6.38. The van der Waals surface area contributed by atoms with Gasteiger partial charge in [0.15, 0.2) is 0 Å². The zero-order valence-corrected chi connectivity index (χ0v) is 14.8. The molecule has 0 bridgehead atoms. The average molecular weight is 386 g/mol. The van der Waals surface area contributed by atoms with E-state index in [1.807, 2.05) is 35.2 Å². The summed E-state index contributed by atoms with van der Waals surface area (Å²) in [4.78, 5) is 10.8. The lowest BCUT2D eigenvalue weighted by Crippen LogP contribution is -2.31. The Bertz CT molecular complexity index is 963. The fourth-order valence-electron chi connectivity index (χ4n) is 3.16. The maximum Gasteiger partial charge on any atom is 0.573 e. The second-order valence-electron chi connectivity index (χ2n) is 6.38. The van der Waals surface area contributed by atoms with Crippen LogP contribution < -0.4 is 15.0 Å². The largest absolute Gasteiger partial charge is 0.573 e. The van der Waals surface area contributed by atoms with Crippen LogP contribution in [0.3, 0.4) is 0 Å². The fraction of sp³-hybridized carbons (Fsp3) is 0.200. The molecule has 1 aliphatic heterocycles. The van der Waals surface area contributed by atoms with Crippen LogP contribution in [0, 0.1) is 0 Å². The molecule has 0 fully saturated rings. The minimum absolute atomic E-state index is 0.206. The summed E-state index contributed by atoms with van der Waals surface area (Å²) in [6.07, 6.45) is -2.33. The third-order valence-electron chi connectivity index (χ3n) is 4.42. The molecule has 144 valence electrons. The Kier molecular flexibility index (Phi) is 4.77. The van der Waals surface area contributed by atoms with Crippen LogP contribution in [0.1, 0.15) is 11.1 Å². The van der Waals surface area contributed by atoms with Gasteiger partial charge in [-0.3, -0.25) is 0 Å². The Morgan fingerprint density at radius 3 is 2.61 bits per heavy atom. The Balaban J connectivity index is 1.52. The zero-order chi connectivity index (χ0) is 19.6. The lowest BCUT2D eigenvalue weighted by atomic mass is 9.99. The highest BCUT2D eigenvalue weighted by Crippen LogP contribution is 2.29. The van der Waals surface area contributed by atoms with Crippen molar-refractivity contribution in [3.05, 3.63) is 71.9 Å². The van der Waals surface area contributed by atoms with Crippen molar-refractivity contribution in [2.45, 2.75) is 19.3 Å². The summed E-state index contributed by atoms with van der Waals surface area (Å²) in [6.45, 7) is 1.17. The summed E-state index contributed by atoms with van der Waals surface area (Å²) in [5.74, 6) is 0.965. The molecule has 28 heavy (non-hydrogen) atoms. The Morgan fingerprint density at radius 2 is 1.82 bits per heavy atom. The smallest absolute Gasteiger partial charge is 0.406 e. The van der Waals surface area contributed by atoms with E-state index in [1.165, 1.54) is 12.1 Å². The molecule has 0 radical (unpaired) electrons. The molecular weight excluding hydrogens is 369 g/mol. The molecule has 5 nitrogen and oxygen atoms in total. The summed E-state index contributed by atoms with van der Waals surface area (Å²) in [5.41, 5.74) is 2.68. The summed E-state index contributed by atoms with van der Waals surface area (Å²) in [7, 11) is 0. The number of fused-ring (bicyclic) bond motifs is 1. The molecule has 0 unspecified atom stereocenters. The number of anilines is 3. The highest BCUT2D eigenvalue weighted by atomic mass is 19.4. The number of halogens is 3. The topological polar surface area (TPSA) is 50.3 Å². The first-order valence-electron chi connectivity index (χ1n) is 8.74. The first kappa shape index (κ1) is 18.1. The minimum atomic E-state index is -4.70. The number of aromatic nitrogens is 2. The van der Waals surface area contributed by atoms with Gasteiger partial charge in [-0.2, -0.15) is 4.98 Å². The van der Waals surface area contributed by atoms with Crippen molar-refractivity contribution in [3.63, 3.8) is 0 Å². The number of para-hydroxylation sites is 1. The van der Waals surface area contributed by atoms with Crippen LogP contribution >= 0.6 is 0 Å². The number of alkyl halides is 3. The predicted octanol–water partition coefficient (Wildman–Crippen LogP) is 4.68. The number of rotatable bonds is 4. The first-order valence-corrected chi connectivity index (χ1v) is 8.74. The van der Waals surface area contributed by atoms with Crippen molar-refractivity contribution >= 4 is 17.5 Å². The van der Waals surface area contributed by atoms with Gasteiger partial charge in [0.25, 0.3) is 0 Å². The molecule has 0 aliphatic carbocycles. The molecule has 0 spiro atoms. The van der Waals surface area contributed by atoms with Crippen molar-refractivity contribution in [2.24, 2.45) is 0 Å². The fourth-order valence-corrected chi connectivity index (χ4v) is 3.16. The molecule has 3 aromatic rings. The third kappa shape index (κ3) is 4.33. The first-order chi connectivity index (χ1) is 13.5. The number of hydrogen-bond donors (Lipinski definition) is 1. The molecule has 2 heterocycles. The Labute approximate surface area is 159 Å². The quantitative estimate of drug-likeness (QED) is 0.706. The van der Waals surface area contributed by atoms with Gasteiger partial charge in [-0.1, -0.05) is 24.3 Å². The van der Waals surface area contributed by atoms with Crippen LogP contribution in [0.2, 0.25) is 0 Å². The summed E-state index contributed by atoms with van der Waals surface area (Å²) in [6, 6.07) is 15.8. The van der Waals surface area contributed by atoms with E-state index >= 15 is 0 Å². The summed E-state index contributed by atoms with van der Waals surface area (Å²) in [5, 5.41) is 3.14. The van der Waals surface area contributed by atoms with E-state index in [-0.39, 0.29) is 5.75 Å². The normalized spacial score (nSPS) is 13.8. The summed E-state index contributed by atoms with van der Waals surface area (Å²) < 4.78 is 41.5. The molecule has 8 heteroatoms. The van der Waals surface area contributed by atoms with Crippen molar-refractivity contribution in [1.82, 2.24) is 9.97 Å². The van der Waals surface area contributed by atoms with Crippen LogP contribution in [0.25, 0.3) is 0 Å². The highest BCUT2D eigenvalue weighted by molar-refractivity contribution is 5.55. The number of ether oxygens (including phenoxy) is 1. The van der Waals surface area contributed by atoms with Gasteiger partial charge in [-0.05, 0) is 47.9 Å². The number of hydrogen-bond acceptors (Lipinski definition) is 5. The van der Waals surface area contributed by atoms with Gasteiger partial charge in [0.05, 0.1) is 0 Å². The van der Waals surface area contributed by atoms with Crippen LogP contribution in [0.15, 0.2) is 60.8 Å². The lowest BCUT2D eigenvalue weighted by molar-refractivity contribution is -0.274. The SMILES string of the molecule is FC(F)(F)Oc1ccc2c(c1)CN(c1ccnc(Nc3ccccc3)n1)CC2. The second kappa shape index (κ2) is 7.38. The van der Waals surface area contributed by atoms with Gasteiger partial charge >= 0.3 is 6.36 Å². The molecule has 0 amide bonds. The zero-order valence-electron chi connectivity index (χ0n) is 14.8. The van der Waals surface area contributed by atoms with Crippen LogP contribution in [-0.2, 0) is 13.0 Å². The molecule has 2 aromatic carbocycles. The highest BCUT2D eigenvalue weighted by Gasteiger charge is 2.31. The summed E-state index contributed by atoms with van der Waals surface area (Å²) >= 11 is 0.